The van der Waals surface area contributed by atoms with Crippen LogP contribution in [0, 0.1) is 0 Å². The maximum Gasteiger partial charge on any atom is 0.335 e. The predicted octanol–water partition coefficient (Wildman–Crippen LogP) is -0.0218. The Morgan fingerprint density at radius 3 is 2.93 bits per heavy atom. The van der Waals surface area contributed by atoms with Crippen molar-refractivity contribution in [2.45, 2.75) is 6.42 Å². The number of aryl methyl sites for hydroxylation is 1. The third-order valence-electron chi connectivity index (χ3n) is 1.80. The first-order chi connectivity index (χ1) is 6.67. The fourth-order valence-electron chi connectivity index (χ4n) is 1.11. The predicted molar refractivity (Wildman–Crippen MR) is 51.2 cm³/mol. The molecule has 1 rings (SSSR count). The van der Waals surface area contributed by atoms with Gasteiger partial charge >= 0.3 is 5.97 Å². The zero-order valence-corrected chi connectivity index (χ0v) is 8.23. The maximum atomic E-state index is 11.2. The summed E-state index contributed by atoms with van der Waals surface area (Å²) in [4.78, 5) is 11.2. The second kappa shape index (κ2) is 4.45. The number of nitrogens with zero attached hydrogens (tertiary/aromatic N) is 2. The normalized spacial score (nSPS) is 11.4. The summed E-state index contributed by atoms with van der Waals surface area (Å²) >= 11 is 0. The van der Waals surface area contributed by atoms with Gasteiger partial charge in [0.15, 0.2) is 0 Å². The molecule has 0 aliphatic heterocycles. The van der Waals surface area contributed by atoms with E-state index in [9.17, 15) is 4.79 Å². The van der Waals surface area contributed by atoms with Crippen molar-refractivity contribution >= 4 is 5.97 Å². The Balaban J connectivity index is 2.72. The van der Waals surface area contributed by atoms with Gasteiger partial charge in [-0.3, -0.25) is 4.68 Å². The number of hydrogen-bond acceptors (Lipinski definition) is 4. The van der Waals surface area contributed by atoms with Gasteiger partial charge < -0.3 is 10.5 Å². The molecule has 0 spiro atoms. The van der Waals surface area contributed by atoms with Crippen LogP contribution in [-0.4, -0.2) is 22.9 Å². The van der Waals surface area contributed by atoms with Gasteiger partial charge in [-0.2, -0.15) is 5.10 Å². The zero-order valence-electron chi connectivity index (χ0n) is 8.23. The lowest BCUT2D eigenvalue weighted by atomic mass is 10.1. The van der Waals surface area contributed by atoms with Crippen LogP contribution >= 0.6 is 0 Å². The Bertz CT molecular complexity index is 355. The number of carbonyl (C=O) groups is 1. The molecule has 0 amide bonds. The smallest absolute Gasteiger partial charge is 0.335 e. The molecule has 0 aliphatic rings. The number of aromatic nitrogens is 2. The van der Waals surface area contributed by atoms with Crippen molar-refractivity contribution in [2.24, 2.45) is 12.8 Å². The summed E-state index contributed by atoms with van der Waals surface area (Å²) in [5.74, 6) is -0.406. The van der Waals surface area contributed by atoms with Gasteiger partial charge in [0.05, 0.1) is 18.9 Å². The summed E-state index contributed by atoms with van der Waals surface area (Å²) < 4.78 is 6.24. The molecule has 1 aromatic rings. The molecular weight excluding hydrogens is 182 g/mol. The summed E-state index contributed by atoms with van der Waals surface area (Å²) in [6.45, 7) is 0. The molecule has 0 unspecified atom stereocenters. The number of ether oxygens (including phenoxy) is 1. The molecule has 0 bridgehead atoms. The van der Waals surface area contributed by atoms with Gasteiger partial charge in [-0.25, -0.2) is 4.79 Å². The van der Waals surface area contributed by atoms with Gasteiger partial charge in [0.1, 0.15) is 0 Å². The van der Waals surface area contributed by atoms with E-state index in [-0.39, 0.29) is 0 Å². The lowest BCUT2D eigenvalue weighted by Crippen LogP contribution is -2.09. The third kappa shape index (κ3) is 2.35. The molecule has 0 saturated heterocycles. The number of esters is 1. The Morgan fingerprint density at radius 2 is 2.50 bits per heavy atom. The SMILES string of the molecule is COC(=O)/C(=C\N)Cc1cnn(C)c1. The molecular formula is C9H13N3O2. The first-order valence-electron chi connectivity index (χ1n) is 4.14. The Labute approximate surface area is 82.2 Å². The molecule has 5 heteroatoms. The van der Waals surface area contributed by atoms with E-state index in [0.29, 0.717) is 12.0 Å². The standard InChI is InChI=1S/C9H13N3O2/c1-12-6-7(5-11-12)3-8(4-10)9(13)14-2/h4-6H,3,10H2,1-2H3/b8-4-. The average Bonchev–Trinajstić information content (AvgIpc) is 2.59. The van der Waals surface area contributed by atoms with E-state index in [1.807, 2.05) is 13.2 Å². The summed E-state index contributed by atoms with van der Waals surface area (Å²) in [5.41, 5.74) is 6.67. The minimum absolute atomic E-state index is 0.406. The van der Waals surface area contributed by atoms with Crippen LogP contribution < -0.4 is 5.73 Å². The molecule has 0 saturated carbocycles. The largest absolute Gasteiger partial charge is 0.466 e. The molecule has 5 nitrogen and oxygen atoms in total. The maximum absolute atomic E-state index is 11.2. The van der Waals surface area contributed by atoms with Crippen LogP contribution in [0.25, 0.3) is 0 Å². The van der Waals surface area contributed by atoms with E-state index in [4.69, 9.17) is 5.73 Å². The summed E-state index contributed by atoms with van der Waals surface area (Å²) in [5, 5.41) is 3.99. The van der Waals surface area contributed by atoms with Crippen molar-refractivity contribution < 1.29 is 9.53 Å². The van der Waals surface area contributed by atoms with Gasteiger partial charge in [0, 0.05) is 25.9 Å². The third-order valence-corrected chi connectivity index (χ3v) is 1.80. The molecule has 0 fully saturated rings. The van der Waals surface area contributed by atoms with Crippen LogP contribution in [0.2, 0.25) is 0 Å². The molecule has 1 heterocycles. The Hall–Kier alpha value is -1.78. The molecule has 0 radical (unpaired) electrons. The van der Waals surface area contributed by atoms with Gasteiger partial charge in [-0.15, -0.1) is 0 Å². The molecule has 0 aliphatic carbocycles. The topological polar surface area (TPSA) is 70.1 Å². The minimum atomic E-state index is -0.406. The number of carbonyl (C=O) groups excluding carboxylic acids is 1. The number of nitrogens with two attached hydrogens (primary N) is 1. The number of hydrogen-bond donors (Lipinski definition) is 1. The van der Waals surface area contributed by atoms with Crippen molar-refractivity contribution in [2.75, 3.05) is 7.11 Å². The fraction of sp³-hybridized carbons (Fsp3) is 0.333. The van der Waals surface area contributed by atoms with E-state index in [1.165, 1.54) is 13.3 Å². The molecule has 14 heavy (non-hydrogen) atoms. The lowest BCUT2D eigenvalue weighted by molar-refractivity contribution is -0.136. The van der Waals surface area contributed by atoms with E-state index in [1.54, 1.807) is 10.9 Å². The van der Waals surface area contributed by atoms with E-state index < -0.39 is 5.97 Å². The molecule has 0 atom stereocenters. The van der Waals surface area contributed by atoms with Crippen LogP contribution in [-0.2, 0) is 23.0 Å². The highest BCUT2D eigenvalue weighted by Gasteiger charge is 2.10. The highest BCUT2D eigenvalue weighted by molar-refractivity contribution is 5.88. The average molecular weight is 195 g/mol. The first-order valence-corrected chi connectivity index (χ1v) is 4.14. The zero-order chi connectivity index (χ0) is 10.6. The van der Waals surface area contributed by atoms with Gasteiger partial charge in [-0.1, -0.05) is 0 Å². The van der Waals surface area contributed by atoms with Gasteiger partial charge in [0.2, 0.25) is 0 Å². The van der Waals surface area contributed by atoms with Crippen molar-refractivity contribution in [3.05, 3.63) is 29.7 Å². The Kier molecular flexibility index (Phi) is 3.28. The summed E-state index contributed by atoms with van der Waals surface area (Å²) in [7, 11) is 3.14. The second-order valence-corrected chi connectivity index (χ2v) is 2.88. The number of rotatable bonds is 3. The van der Waals surface area contributed by atoms with E-state index in [2.05, 4.69) is 9.84 Å². The highest BCUT2D eigenvalue weighted by Crippen LogP contribution is 2.07. The lowest BCUT2D eigenvalue weighted by Gasteiger charge is -2.01. The quantitative estimate of drug-likeness (QED) is 0.543. The van der Waals surface area contributed by atoms with Crippen molar-refractivity contribution in [1.29, 1.82) is 0 Å². The second-order valence-electron chi connectivity index (χ2n) is 2.88. The Morgan fingerprint density at radius 1 is 1.79 bits per heavy atom. The van der Waals surface area contributed by atoms with E-state index >= 15 is 0 Å². The van der Waals surface area contributed by atoms with Crippen molar-refractivity contribution in [1.82, 2.24) is 9.78 Å². The van der Waals surface area contributed by atoms with Crippen molar-refractivity contribution in [3.63, 3.8) is 0 Å². The molecule has 76 valence electrons. The van der Waals surface area contributed by atoms with Crippen LogP contribution in [0.15, 0.2) is 24.2 Å². The van der Waals surface area contributed by atoms with Crippen LogP contribution in [0.5, 0.6) is 0 Å². The number of methoxy groups -OCH3 is 1. The summed E-state index contributed by atoms with van der Waals surface area (Å²) in [6, 6.07) is 0. The van der Waals surface area contributed by atoms with E-state index in [0.717, 1.165) is 5.56 Å². The molecule has 2 N–H and O–H groups in total. The molecule has 0 aromatic carbocycles. The minimum Gasteiger partial charge on any atom is -0.466 e. The molecule has 1 aromatic heterocycles. The fourth-order valence-corrected chi connectivity index (χ4v) is 1.11. The van der Waals surface area contributed by atoms with Crippen LogP contribution in [0.1, 0.15) is 5.56 Å². The van der Waals surface area contributed by atoms with Gasteiger partial charge in [-0.05, 0) is 5.56 Å². The van der Waals surface area contributed by atoms with Crippen LogP contribution in [0.4, 0.5) is 0 Å². The summed E-state index contributed by atoms with van der Waals surface area (Å²) in [6.07, 6.45) is 5.22. The monoisotopic (exact) mass is 195 g/mol. The first kappa shape index (κ1) is 10.3. The van der Waals surface area contributed by atoms with Crippen molar-refractivity contribution in [3.8, 4) is 0 Å². The highest BCUT2D eigenvalue weighted by atomic mass is 16.5. The van der Waals surface area contributed by atoms with Crippen LogP contribution in [0.3, 0.4) is 0 Å². The van der Waals surface area contributed by atoms with Gasteiger partial charge in [0.25, 0.3) is 0 Å².